The molecule has 3 rings (SSSR count). The highest BCUT2D eigenvalue weighted by Crippen LogP contribution is 2.11. The highest BCUT2D eigenvalue weighted by Gasteiger charge is 2.22. The van der Waals surface area contributed by atoms with Gasteiger partial charge in [0.05, 0.1) is 13.0 Å². The number of carbonyl (C=O) groups excluding carboxylic acids is 2. The molecule has 2 amide bonds. The van der Waals surface area contributed by atoms with Gasteiger partial charge in [-0.25, -0.2) is 4.39 Å². The van der Waals surface area contributed by atoms with E-state index in [-0.39, 0.29) is 24.2 Å². The van der Waals surface area contributed by atoms with Crippen molar-refractivity contribution in [3.05, 3.63) is 59.9 Å². The smallest absolute Gasteiger partial charge is 0.238 e. The molecule has 0 aromatic heterocycles. The molecule has 142 valence electrons. The first-order valence-corrected chi connectivity index (χ1v) is 8.89. The van der Waals surface area contributed by atoms with Gasteiger partial charge in [0.15, 0.2) is 0 Å². The Morgan fingerprint density at radius 3 is 2.22 bits per heavy atom. The van der Waals surface area contributed by atoms with Crippen LogP contribution in [0.3, 0.4) is 0 Å². The van der Waals surface area contributed by atoms with Crippen molar-refractivity contribution in [1.82, 2.24) is 9.80 Å². The zero-order valence-corrected chi connectivity index (χ0v) is 15.0. The third-order valence-electron chi connectivity index (χ3n) is 4.56. The van der Waals surface area contributed by atoms with Gasteiger partial charge in [-0.1, -0.05) is 12.1 Å². The van der Waals surface area contributed by atoms with Gasteiger partial charge in [0, 0.05) is 37.6 Å². The van der Waals surface area contributed by atoms with E-state index in [0.29, 0.717) is 44.0 Å². The molecule has 3 N–H and O–H groups in total. The van der Waals surface area contributed by atoms with E-state index >= 15 is 0 Å². The lowest BCUT2D eigenvalue weighted by Gasteiger charge is -2.34. The molecule has 0 saturated carbocycles. The van der Waals surface area contributed by atoms with Crippen LogP contribution in [0.5, 0.6) is 0 Å². The van der Waals surface area contributed by atoms with Crippen LogP contribution in [0.15, 0.2) is 48.5 Å². The molecule has 0 spiro atoms. The highest BCUT2D eigenvalue weighted by atomic mass is 19.1. The van der Waals surface area contributed by atoms with E-state index in [9.17, 15) is 14.0 Å². The van der Waals surface area contributed by atoms with Crippen molar-refractivity contribution in [2.75, 3.05) is 43.8 Å². The number of nitrogen functional groups attached to an aromatic ring is 1. The maximum atomic E-state index is 12.9. The van der Waals surface area contributed by atoms with Crippen molar-refractivity contribution in [2.24, 2.45) is 0 Å². The van der Waals surface area contributed by atoms with E-state index in [1.165, 1.54) is 24.3 Å². The molecule has 1 aliphatic heterocycles. The average Bonchev–Trinajstić information content (AvgIpc) is 2.66. The first-order chi connectivity index (χ1) is 13.0. The minimum Gasteiger partial charge on any atom is -0.399 e. The van der Waals surface area contributed by atoms with Crippen LogP contribution in [-0.4, -0.2) is 54.3 Å². The number of hydrogen-bond donors (Lipinski definition) is 2. The Morgan fingerprint density at radius 2 is 1.59 bits per heavy atom. The van der Waals surface area contributed by atoms with Crippen molar-refractivity contribution >= 4 is 23.2 Å². The van der Waals surface area contributed by atoms with E-state index in [0.717, 1.165) is 5.56 Å². The minimum atomic E-state index is -0.340. The van der Waals surface area contributed by atoms with Crippen molar-refractivity contribution < 1.29 is 14.0 Å². The summed E-state index contributed by atoms with van der Waals surface area (Å²) in [7, 11) is 0. The Kier molecular flexibility index (Phi) is 6.03. The standard InChI is InChI=1S/C20H23FN4O2/c21-16-3-7-18(8-4-16)23-19(26)14-24-9-11-25(12-10-24)20(27)13-15-1-5-17(22)6-2-15/h1-8H,9-14,22H2,(H,23,26). The number of halogens is 1. The van der Waals surface area contributed by atoms with Gasteiger partial charge in [-0.15, -0.1) is 0 Å². The maximum absolute atomic E-state index is 12.9. The first-order valence-electron chi connectivity index (χ1n) is 8.89. The molecular formula is C20H23FN4O2. The molecule has 1 saturated heterocycles. The predicted octanol–water partition coefficient (Wildman–Crippen LogP) is 1.73. The highest BCUT2D eigenvalue weighted by molar-refractivity contribution is 5.92. The molecule has 1 fully saturated rings. The van der Waals surface area contributed by atoms with E-state index in [1.807, 2.05) is 21.9 Å². The van der Waals surface area contributed by atoms with Gasteiger partial charge in [-0.05, 0) is 42.0 Å². The fourth-order valence-corrected chi connectivity index (χ4v) is 3.01. The summed E-state index contributed by atoms with van der Waals surface area (Å²) >= 11 is 0. The van der Waals surface area contributed by atoms with Crippen molar-refractivity contribution in [3.8, 4) is 0 Å². The van der Waals surface area contributed by atoms with Crippen LogP contribution in [-0.2, 0) is 16.0 Å². The van der Waals surface area contributed by atoms with Gasteiger partial charge < -0.3 is 16.0 Å². The summed E-state index contributed by atoms with van der Waals surface area (Å²) in [6, 6.07) is 13.0. The van der Waals surface area contributed by atoms with Crippen molar-refractivity contribution in [1.29, 1.82) is 0 Å². The second kappa shape index (κ2) is 8.64. The van der Waals surface area contributed by atoms with Gasteiger partial charge >= 0.3 is 0 Å². The second-order valence-corrected chi connectivity index (χ2v) is 6.63. The van der Waals surface area contributed by atoms with E-state index in [1.54, 1.807) is 12.1 Å². The van der Waals surface area contributed by atoms with Gasteiger partial charge in [0.25, 0.3) is 0 Å². The van der Waals surface area contributed by atoms with Crippen LogP contribution in [0.4, 0.5) is 15.8 Å². The molecule has 2 aromatic rings. The number of amides is 2. The zero-order chi connectivity index (χ0) is 19.2. The quantitative estimate of drug-likeness (QED) is 0.786. The molecule has 27 heavy (non-hydrogen) atoms. The lowest BCUT2D eigenvalue weighted by molar-refractivity contribution is -0.132. The molecule has 0 aliphatic carbocycles. The molecule has 0 atom stereocenters. The van der Waals surface area contributed by atoms with E-state index in [4.69, 9.17) is 5.73 Å². The molecular weight excluding hydrogens is 347 g/mol. The Balaban J connectivity index is 1.42. The molecule has 7 heteroatoms. The number of anilines is 2. The summed E-state index contributed by atoms with van der Waals surface area (Å²) in [5.41, 5.74) is 7.85. The number of nitrogens with zero attached hydrogens (tertiary/aromatic N) is 2. The van der Waals surface area contributed by atoms with Crippen LogP contribution in [0, 0.1) is 5.82 Å². The fraction of sp³-hybridized carbons (Fsp3) is 0.300. The third-order valence-corrected chi connectivity index (χ3v) is 4.56. The molecule has 0 bridgehead atoms. The third kappa shape index (κ3) is 5.52. The maximum Gasteiger partial charge on any atom is 0.238 e. The fourth-order valence-electron chi connectivity index (χ4n) is 3.01. The summed E-state index contributed by atoms with van der Waals surface area (Å²) in [6.45, 7) is 2.72. The van der Waals surface area contributed by atoms with Crippen LogP contribution in [0.25, 0.3) is 0 Å². The lowest BCUT2D eigenvalue weighted by atomic mass is 10.1. The second-order valence-electron chi connectivity index (χ2n) is 6.63. The molecule has 1 heterocycles. The topological polar surface area (TPSA) is 78.7 Å². The molecule has 0 unspecified atom stereocenters. The van der Waals surface area contributed by atoms with Crippen LogP contribution in [0.1, 0.15) is 5.56 Å². The Bertz CT molecular complexity index is 785. The number of carbonyl (C=O) groups is 2. The average molecular weight is 370 g/mol. The Morgan fingerprint density at radius 1 is 0.963 bits per heavy atom. The first kappa shape index (κ1) is 18.8. The van der Waals surface area contributed by atoms with Crippen LogP contribution < -0.4 is 11.1 Å². The summed E-state index contributed by atoms with van der Waals surface area (Å²) < 4.78 is 12.9. The molecule has 1 aliphatic rings. The van der Waals surface area contributed by atoms with Gasteiger partial charge in [0.2, 0.25) is 11.8 Å². The SMILES string of the molecule is Nc1ccc(CC(=O)N2CCN(CC(=O)Nc3ccc(F)cc3)CC2)cc1. The summed E-state index contributed by atoms with van der Waals surface area (Å²) in [5.74, 6) is -0.411. The predicted molar refractivity (Wildman–Crippen MR) is 103 cm³/mol. The number of benzene rings is 2. The van der Waals surface area contributed by atoms with Gasteiger partial charge in [0.1, 0.15) is 5.82 Å². The van der Waals surface area contributed by atoms with Gasteiger partial charge in [-0.3, -0.25) is 14.5 Å². The summed E-state index contributed by atoms with van der Waals surface area (Å²) in [5, 5.41) is 2.75. The number of hydrogen-bond acceptors (Lipinski definition) is 4. The number of rotatable bonds is 5. The molecule has 2 aromatic carbocycles. The normalized spacial score (nSPS) is 14.8. The van der Waals surface area contributed by atoms with Crippen molar-refractivity contribution in [2.45, 2.75) is 6.42 Å². The van der Waals surface area contributed by atoms with Crippen LogP contribution in [0.2, 0.25) is 0 Å². The molecule has 6 nitrogen and oxygen atoms in total. The lowest BCUT2D eigenvalue weighted by Crippen LogP contribution is -2.50. The minimum absolute atomic E-state index is 0.0789. The van der Waals surface area contributed by atoms with Gasteiger partial charge in [-0.2, -0.15) is 0 Å². The number of nitrogens with two attached hydrogens (primary N) is 1. The largest absolute Gasteiger partial charge is 0.399 e. The Hall–Kier alpha value is -2.93. The summed E-state index contributed by atoms with van der Waals surface area (Å²) in [4.78, 5) is 28.4. The van der Waals surface area contributed by atoms with E-state index < -0.39 is 0 Å². The number of piperazine rings is 1. The van der Waals surface area contributed by atoms with E-state index in [2.05, 4.69) is 5.32 Å². The zero-order valence-electron chi connectivity index (χ0n) is 15.0. The Labute approximate surface area is 157 Å². The molecule has 0 radical (unpaired) electrons. The van der Waals surface area contributed by atoms with Crippen LogP contribution >= 0.6 is 0 Å². The van der Waals surface area contributed by atoms with Crippen molar-refractivity contribution in [3.63, 3.8) is 0 Å². The number of nitrogens with one attached hydrogen (secondary N) is 1. The summed E-state index contributed by atoms with van der Waals surface area (Å²) in [6.07, 6.45) is 0.353. The monoisotopic (exact) mass is 370 g/mol.